The summed E-state index contributed by atoms with van der Waals surface area (Å²) in [5.41, 5.74) is 1.18. The predicted molar refractivity (Wildman–Crippen MR) is 82.8 cm³/mol. The summed E-state index contributed by atoms with van der Waals surface area (Å²) in [6.07, 6.45) is 1.00. The Morgan fingerprint density at radius 2 is 1.86 bits per heavy atom. The highest BCUT2D eigenvalue weighted by molar-refractivity contribution is 7.11. The Balaban J connectivity index is 2.15. The monoisotopic (exact) mass is 310 g/mol. The zero-order valence-corrected chi connectivity index (χ0v) is 13.4. The number of halogens is 2. The molecule has 0 radical (unpaired) electrons. The second-order valence-electron chi connectivity index (χ2n) is 5.11. The minimum atomic E-state index is -0.482. The summed E-state index contributed by atoms with van der Waals surface area (Å²) >= 11 is 1.65. The van der Waals surface area contributed by atoms with E-state index in [1.54, 1.807) is 11.3 Å². The number of aryl methyl sites for hydroxylation is 2. The maximum Gasteiger partial charge on any atom is 0.129 e. The highest BCUT2D eigenvalue weighted by atomic mass is 32.1. The van der Waals surface area contributed by atoms with Gasteiger partial charge in [-0.15, -0.1) is 11.3 Å². The van der Waals surface area contributed by atoms with Crippen molar-refractivity contribution in [3.8, 4) is 0 Å². The Hall–Kier alpha value is -1.33. The van der Waals surface area contributed by atoms with Crippen molar-refractivity contribution in [3.63, 3.8) is 0 Å². The van der Waals surface area contributed by atoms with Crippen molar-refractivity contribution in [2.75, 3.05) is 6.54 Å². The van der Waals surface area contributed by atoms with Gasteiger partial charge >= 0.3 is 0 Å². The van der Waals surface area contributed by atoms with Crippen LogP contribution < -0.4 is 5.32 Å². The van der Waals surface area contributed by atoms with E-state index >= 15 is 0 Å². The molecule has 0 spiro atoms. The molecule has 2 rings (SSSR count). The molecule has 1 atom stereocenters. The van der Waals surface area contributed by atoms with Crippen molar-refractivity contribution < 1.29 is 8.78 Å². The summed E-state index contributed by atoms with van der Waals surface area (Å²) in [4.78, 5) is 5.70. The van der Waals surface area contributed by atoms with Crippen molar-refractivity contribution >= 4 is 11.3 Å². The Kier molecular flexibility index (Phi) is 5.42. The smallest absolute Gasteiger partial charge is 0.129 e. The van der Waals surface area contributed by atoms with Crippen LogP contribution in [-0.2, 0) is 12.8 Å². The van der Waals surface area contributed by atoms with Gasteiger partial charge < -0.3 is 5.32 Å². The molecular formula is C16H20F2N2S. The molecule has 0 aliphatic heterocycles. The Morgan fingerprint density at radius 1 is 1.19 bits per heavy atom. The topological polar surface area (TPSA) is 24.9 Å². The van der Waals surface area contributed by atoms with Crippen LogP contribution in [0, 0.1) is 25.5 Å². The first kappa shape index (κ1) is 16.0. The summed E-state index contributed by atoms with van der Waals surface area (Å²) in [5.74, 6) is -0.964. The van der Waals surface area contributed by atoms with E-state index in [4.69, 9.17) is 0 Å². The summed E-state index contributed by atoms with van der Waals surface area (Å²) in [6, 6.07) is 3.98. The average molecular weight is 310 g/mol. The molecule has 2 nitrogen and oxygen atoms in total. The second kappa shape index (κ2) is 7.09. The second-order valence-corrected chi connectivity index (χ2v) is 6.40. The first-order valence-corrected chi connectivity index (χ1v) is 7.92. The Morgan fingerprint density at radius 3 is 2.38 bits per heavy atom. The molecule has 0 aliphatic rings. The fourth-order valence-corrected chi connectivity index (χ4v) is 3.33. The van der Waals surface area contributed by atoms with Crippen LogP contribution in [0.1, 0.15) is 28.1 Å². The molecule has 0 fully saturated rings. The number of thiazole rings is 1. The number of nitrogens with zero attached hydrogens (tertiary/aromatic N) is 1. The first-order valence-electron chi connectivity index (χ1n) is 7.10. The normalized spacial score (nSPS) is 12.6. The fraction of sp³-hybridized carbons (Fsp3) is 0.438. The van der Waals surface area contributed by atoms with Crippen LogP contribution in [0.2, 0.25) is 0 Å². The summed E-state index contributed by atoms with van der Waals surface area (Å²) in [5, 5.41) is 4.30. The van der Waals surface area contributed by atoms with Gasteiger partial charge in [0.05, 0.1) is 10.7 Å². The molecule has 0 aliphatic carbocycles. The van der Waals surface area contributed by atoms with E-state index in [0.29, 0.717) is 12.8 Å². The maximum absolute atomic E-state index is 13.8. The highest BCUT2D eigenvalue weighted by Gasteiger charge is 2.17. The number of hydrogen-bond donors (Lipinski definition) is 1. The van der Waals surface area contributed by atoms with Crippen LogP contribution >= 0.6 is 11.3 Å². The SMILES string of the molecule is CCNC(Cc1nc(C)c(C)s1)Cc1c(F)cccc1F. The Labute approximate surface area is 128 Å². The third-order valence-electron chi connectivity index (χ3n) is 3.50. The van der Waals surface area contributed by atoms with E-state index in [9.17, 15) is 8.78 Å². The lowest BCUT2D eigenvalue weighted by atomic mass is 10.0. The van der Waals surface area contributed by atoms with E-state index < -0.39 is 11.6 Å². The minimum absolute atomic E-state index is 0.0219. The summed E-state index contributed by atoms with van der Waals surface area (Å²) < 4.78 is 27.6. The fourth-order valence-electron chi connectivity index (χ4n) is 2.32. The number of benzene rings is 1. The quantitative estimate of drug-likeness (QED) is 0.878. The van der Waals surface area contributed by atoms with Crippen molar-refractivity contribution in [3.05, 3.63) is 51.0 Å². The molecule has 1 heterocycles. The van der Waals surface area contributed by atoms with Gasteiger partial charge in [0.1, 0.15) is 11.6 Å². The largest absolute Gasteiger partial charge is 0.314 e. The molecule has 5 heteroatoms. The molecule has 2 aromatic rings. The lowest BCUT2D eigenvalue weighted by molar-refractivity contribution is 0.483. The van der Waals surface area contributed by atoms with Crippen LogP contribution in [0.4, 0.5) is 8.78 Å². The van der Waals surface area contributed by atoms with Gasteiger partial charge in [-0.3, -0.25) is 0 Å². The number of hydrogen-bond acceptors (Lipinski definition) is 3. The van der Waals surface area contributed by atoms with Gasteiger partial charge in [0.25, 0.3) is 0 Å². The molecule has 1 aromatic heterocycles. The third kappa shape index (κ3) is 4.08. The van der Waals surface area contributed by atoms with E-state index in [2.05, 4.69) is 10.3 Å². The molecule has 114 valence electrons. The number of nitrogens with one attached hydrogen (secondary N) is 1. The van der Waals surface area contributed by atoms with Crippen molar-refractivity contribution in [2.45, 2.75) is 39.7 Å². The summed E-state index contributed by atoms with van der Waals surface area (Å²) in [7, 11) is 0. The van der Waals surface area contributed by atoms with Crippen LogP contribution in [-0.4, -0.2) is 17.6 Å². The number of rotatable bonds is 6. The van der Waals surface area contributed by atoms with E-state index in [0.717, 1.165) is 17.2 Å². The van der Waals surface area contributed by atoms with Gasteiger partial charge in [-0.25, -0.2) is 13.8 Å². The first-order chi connectivity index (χ1) is 10.0. The molecular weight excluding hydrogens is 290 g/mol. The van der Waals surface area contributed by atoms with Crippen LogP contribution in [0.3, 0.4) is 0 Å². The van der Waals surface area contributed by atoms with Crippen LogP contribution in [0.25, 0.3) is 0 Å². The van der Waals surface area contributed by atoms with Gasteiger partial charge in [0.15, 0.2) is 0 Å². The van der Waals surface area contributed by atoms with Gasteiger partial charge in [0, 0.05) is 22.9 Å². The lowest BCUT2D eigenvalue weighted by Crippen LogP contribution is -2.33. The van der Waals surface area contributed by atoms with Gasteiger partial charge in [-0.2, -0.15) is 0 Å². The molecule has 1 aromatic carbocycles. The molecule has 1 unspecified atom stereocenters. The van der Waals surface area contributed by atoms with E-state index in [1.807, 2.05) is 20.8 Å². The maximum atomic E-state index is 13.8. The van der Waals surface area contributed by atoms with Gasteiger partial charge in [-0.05, 0) is 38.9 Å². The number of aromatic nitrogens is 1. The van der Waals surface area contributed by atoms with E-state index in [1.165, 1.54) is 23.1 Å². The molecule has 0 bridgehead atoms. The molecule has 0 amide bonds. The standard InChI is InChI=1S/C16H20F2N2S/c1-4-19-12(9-16-20-10(2)11(3)21-16)8-13-14(17)6-5-7-15(13)18/h5-7,12,19H,4,8-9H2,1-3H3. The zero-order valence-electron chi connectivity index (χ0n) is 12.5. The molecule has 0 saturated carbocycles. The zero-order chi connectivity index (χ0) is 15.4. The van der Waals surface area contributed by atoms with Crippen LogP contribution in [0.5, 0.6) is 0 Å². The third-order valence-corrected chi connectivity index (χ3v) is 4.59. The molecule has 0 saturated heterocycles. The Bertz CT molecular complexity index is 571. The number of likely N-dealkylation sites (N-methyl/N-ethyl adjacent to an activating group) is 1. The summed E-state index contributed by atoms with van der Waals surface area (Å²) in [6.45, 7) is 6.76. The lowest BCUT2D eigenvalue weighted by Gasteiger charge is -2.17. The average Bonchev–Trinajstić information content (AvgIpc) is 2.73. The van der Waals surface area contributed by atoms with Gasteiger partial charge in [-0.1, -0.05) is 13.0 Å². The van der Waals surface area contributed by atoms with E-state index in [-0.39, 0.29) is 11.6 Å². The molecule has 1 N–H and O–H groups in total. The predicted octanol–water partition coefficient (Wildman–Crippen LogP) is 3.80. The van der Waals surface area contributed by atoms with Crippen LogP contribution in [0.15, 0.2) is 18.2 Å². The minimum Gasteiger partial charge on any atom is -0.314 e. The van der Waals surface area contributed by atoms with Crippen molar-refractivity contribution in [1.29, 1.82) is 0 Å². The molecule has 21 heavy (non-hydrogen) atoms. The van der Waals surface area contributed by atoms with Crippen molar-refractivity contribution in [1.82, 2.24) is 10.3 Å². The highest BCUT2D eigenvalue weighted by Crippen LogP contribution is 2.20. The van der Waals surface area contributed by atoms with Crippen molar-refractivity contribution in [2.24, 2.45) is 0 Å². The van der Waals surface area contributed by atoms with Gasteiger partial charge in [0.2, 0.25) is 0 Å².